The zero-order valence-electron chi connectivity index (χ0n) is 11.1. The van der Waals surface area contributed by atoms with Gasteiger partial charge in [-0.3, -0.25) is 9.59 Å². The van der Waals surface area contributed by atoms with Crippen molar-refractivity contribution in [1.82, 2.24) is 10.6 Å². The Bertz CT molecular complexity index is 555. The van der Waals surface area contributed by atoms with E-state index in [-0.39, 0.29) is 17.6 Å². The monoisotopic (exact) mass is 276 g/mol. The fourth-order valence-corrected chi connectivity index (χ4v) is 2.80. The molecule has 0 spiro atoms. The molecule has 5 heteroatoms. The molecule has 1 aliphatic heterocycles. The first-order valence-corrected chi connectivity index (χ1v) is 6.97. The Morgan fingerprint density at radius 2 is 2.10 bits per heavy atom. The molecule has 0 aromatic heterocycles. The van der Waals surface area contributed by atoms with Crippen LogP contribution >= 0.6 is 0 Å². The Labute approximate surface area is 116 Å². The molecule has 1 heterocycles. The number of halogens is 1. The van der Waals surface area contributed by atoms with Gasteiger partial charge < -0.3 is 10.6 Å². The highest BCUT2D eigenvalue weighted by molar-refractivity contribution is 5.95. The molecule has 2 fully saturated rings. The number of carbonyl (C=O) groups is 2. The summed E-state index contributed by atoms with van der Waals surface area (Å²) in [6, 6.07) is 5.89. The first kappa shape index (κ1) is 13.1. The molecular formula is C15H17FN2O2. The molecule has 1 aromatic rings. The van der Waals surface area contributed by atoms with Crippen molar-refractivity contribution < 1.29 is 14.0 Å². The summed E-state index contributed by atoms with van der Waals surface area (Å²) in [6.07, 6.45) is 2.76. The van der Waals surface area contributed by atoms with E-state index in [1.54, 1.807) is 18.2 Å². The summed E-state index contributed by atoms with van der Waals surface area (Å²) in [6.45, 7) is 0.656. The summed E-state index contributed by atoms with van der Waals surface area (Å²) in [5.74, 6) is -0.730. The fraction of sp³-hybridized carbons (Fsp3) is 0.467. The van der Waals surface area contributed by atoms with E-state index >= 15 is 0 Å². The molecule has 20 heavy (non-hydrogen) atoms. The highest BCUT2D eigenvalue weighted by atomic mass is 19.1. The Morgan fingerprint density at radius 1 is 1.35 bits per heavy atom. The van der Waals surface area contributed by atoms with Crippen LogP contribution < -0.4 is 10.6 Å². The van der Waals surface area contributed by atoms with E-state index < -0.39 is 11.5 Å². The second-order valence-electron chi connectivity index (χ2n) is 5.52. The quantitative estimate of drug-likeness (QED) is 0.873. The third-order valence-corrected chi connectivity index (χ3v) is 4.16. The zero-order valence-corrected chi connectivity index (χ0v) is 11.1. The third kappa shape index (κ3) is 2.17. The van der Waals surface area contributed by atoms with Crippen molar-refractivity contribution in [3.63, 3.8) is 0 Å². The van der Waals surface area contributed by atoms with Gasteiger partial charge in [0.05, 0.1) is 5.41 Å². The van der Waals surface area contributed by atoms with E-state index in [4.69, 9.17) is 0 Å². The van der Waals surface area contributed by atoms with Crippen LogP contribution in [-0.2, 0) is 15.0 Å². The summed E-state index contributed by atoms with van der Waals surface area (Å²) in [7, 11) is 0. The number of rotatable bonds is 3. The summed E-state index contributed by atoms with van der Waals surface area (Å²) < 4.78 is 13.9. The van der Waals surface area contributed by atoms with Gasteiger partial charge in [-0.15, -0.1) is 0 Å². The lowest BCUT2D eigenvalue weighted by Crippen LogP contribution is -2.52. The van der Waals surface area contributed by atoms with Crippen molar-refractivity contribution in [2.24, 2.45) is 0 Å². The third-order valence-electron chi connectivity index (χ3n) is 4.16. The normalized spacial score (nSPS) is 23.9. The lowest BCUT2D eigenvalue weighted by Gasteiger charge is -2.25. The Balaban J connectivity index is 1.77. The predicted molar refractivity (Wildman–Crippen MR) is 71.5 cm³/mol. The zero-order chi connectivity index (χ0) is 14.2. The highest BCUT2D eigenvalue weighted by Crippen LogP contribution is 2.49. The van der Waals surface area contributed by atoms with Gasteiger partial charge in [-0.25, -0.2) is 4.39 Å². The predicted octanol–water partition coefficient (Wildman–Crippen LogP) is 1.25. The summed E-state index contributed by atoms with van der Waals surface area (Å²) >= 11 is 0. The molecule has 1 aromatic carbocycles. The number of hydrogen-bond acceptors (Lipinski definition) is 2. The van der Waals surface area contributed by atoms with Gasteiger partial charge in [-0.1, -0.05) is 18.2 Å². The minimum absolute atomic E-state index is 0.145. The lowest BCUT2D eigenvalue weighted by atomic mass is 9.93. The fourth-order valence-electron chi connectivity index (χ4n) is 2.80. The van der Waals surface area contributed by atoms with Crippen LogP contribution in [0.25, 0.3) is 0 Å². The molecule has 1 unspecified atom stereocenters. The van der Waals surface area contributed by atoms with Crippen LogP contribution in [0.5, 0.6) is 0 Å². The molecular weight excluding hydrogens is 259 g/mol. The standard InChI is InChI=1S/C15H17FN2O2/c16-11-5-2-1-4-10(11)15(7-8-15)14(20)18-12-6-3-9-17-13(12)19/h1-2,4-5,12H,3,6-9H2,(H,17,19)(H,18,20). The van der Waals surface area contributed by atoms with E-state index in [0.717, 1.165) is 6.42 Å². The maximum absolute atomic E-state index is 13.9. The first-order chi connectivity index (χ1) is 9.63. The molecule has 106 valence electrons. The van der Waals surface area contributed by atoms with Crippen LogP contribution in [0.3, 0.4) is 0 Å². The van der Waals surface area contributed by atoms with E-state index in [1.165, 1.54) is 6.07 Å². The molecule has 1 aliphatic carbocycles. The van der Waals surface area contributed by atoms with Gasteiger partial charge in [0.15, 0.2) is 0 Å². The van der Waals surface area contributed by atoms with Gasteiger partial charge in [-0.2, -0.15) is 0 Å². The van der Waals surface area contributed by atoms with Crippen molar-refractivity contribution in [1.29, 1.82) is 0 Å². The summed E-state index contributed by atoms with van der Waals surface area (Å²) in [5.41, 5.74) is -0.336. The number of amides is 2. The van der Waals surface area contributed by atoms with Crippen molar-refractivity contribution in [3.8, 4) is 0 Å². The number of benzene rings is 1. The molecule has 2 aliphatic rings. The number of hydrogen-bond donors (Lipinski definition) is 2. The van der Waals surface area contributed by atoms with Gasteiger partial charge in [0.2, 0.25) is 11.8 Å². The molecule has 2 N–H and O–H groups in total. The highest BCUT2D eigenvalue weighted by Gasteiger charge is 2.53. The molecule has 1 saturated carbocycles. The van der Waals surface area contributed by atoms with E-state index in [2.05, 4.69) is 10.6 Å². The number of piperidine rings is 1. The van der Waals surface area contributed by atoms with Gasteiger partial charge >= 0.3 is 0 Å². The van der Waals surface area contributed by atoms with Gasteiger partial charge in [0.1, 0.15) is 11.9 Å². The van der Waals surface area contributed by atoms with Crippen LogP contribution in [0.2, 0.25) is 0 Å². The van der Waals surface area contributed by atoms with Crippen LogP contribution in [0.1, 0.15) is 31.2 Å². The number of nitrogens with one attached hydrogen (secondary N) is 2. The number of carbonyl (C=O) groups excluding carboxylic acids is 2. The molecule has 4 nitrogen and oxygen atoms in total. The average molecular weight is 276 g/mol. The van der Waals surface area contributed by atoms with Crippen LogP contribution in [0.4, 0.5) is 4.39 Å². The Kier molecular flexibility index (Phi) is 3.20. The summed E-state index contributed by atoms with van der Waals surface area (Å²) in [5, 5.41) is 5.51. The second-order valence-corrected chi connectivity index (χ2v) is 5.52. The largest absolute Gasteiger partial charge is 0.354 e. The van der Waals surface area contributed by atoms with Crippen LogP contribution in [0, 0.1) is 5.82 Å². The van der Waals surface area contributed by atoms with Crippen LogP contribution in [-0.4, -0.2) is 24.4 Å². The molecule has 1 atom stereocenters. The average Bonchev–Trinajstić information content (AvgIpc) is 3.23. The maximum atomic E-state index is 13.9. The topological polar surface area (TPSA) is 58.2 Å². The van der Waals surface area contributed by atoms with Crippen molar-refractivity contribution in [2.75, 3.05) is 6.54 Å². The Hall–Kier alpha value is -1.91. The first-order valence-electron chi connectivity index (χ1n) is 6.97. The second kappa shape index (κ2) is 4.89. The minimum Gasteiger partial charge on any atom is -0.354 e. The maximum Gasteiger partial charge on any atom is 0.242 e. The van der Waals surface area contributed by atoms with E-state index in [9.17, 15) is 14.0 Å². The molecule has 0 radical (unpaired) electrons. The molecule has 3 rings (SSSR count). The summed E-state index contributed by atoms with van der Waals surface area (Å²) in [4.78, 5) is 24.1. The smallest absolute Gasteiger partial charge is 0.242 e. The Morgan fingerprint density at radius 3 is 2.75 bits per heavy atom. The van der Waals surface area contributed by atoms with E-state index in [0.29, 0.717) is 31.4 Å². The van der Waals surface area contributed by atoms with E-state index in [1.807, 2.05) is 0 Å². The van der Waals surface area contributed by atoms with Gasteiger partial charge in [0.25, 0.3) is 0 Å². The SMILES string of the molecule is O=C1NCCCC1NC(=O)C1(c2ccccc2F)CC1. The van der Waals surface area contributed by atoms with Crippen LogP contribution in [0.15, 0.2) is 24.3 Å². The molecule has 2 amide bonds. The lowest BCUT2D eigenvalue weighted by molar-refractivity contribution is -0.131. The van der Waals surface area contributed by atoms with Gasteiger partial charge in [0, 0.05) is 12.1 Å². The molecule has 0 bridgehead atoms. The minimum atomic E-state index is -0.775. The van der Waals surface area contributed by atoms with Crippen molar-refractivity contribution >= 4 is 11.8 Å². The molecule has 1 saturated heterocycles. The van der Waals surface area contributed by atoms with Gasteiger partial charge in [-0.05, 0) is 31.7 Å². The van der Waals surface area contributed by atoms with Crippen molar-refractivity contribution in [2.45, 2.75) is 37.1 Å². The van der Waals surface area contributed by atoms with Crippen molar-refractivity contribution in [3.05, 3.63) is 35.6 Å².